The van der Waals surface area contributed by atoms with E-state index in [-0.39, 0.29) is 27.3 Å². The molecule has 0 aliphatic carbocycles. The highest BCUT2D eigenvalue weighted by molar-refractivity contribution is 6.37. The Morgan fingerprint density at radius 3 is 2.71 bits per heavy atom. The van der Waals surface area contributed by atoms with Crippen molar-refractivity contribution >= 4 is 40.9 Å². The summed E-state index contributed by atoms with van der Waals surface area (Å²) in [5.74, 6) is -0.758. The number of nitrogens with one attached hydrogen (secondary N) is 1. The van der Waals surface area contributed by atoms with Crippen LogP contribution in [0.3, 0.4) is 0 Å². The molecule has 0 aromatic heterocycles. The van der Waals surface area contributed by atoms with E-state index in [1.165, 1.54) is 12.1 Å². The molecule has 21 heavy (non-hydrogen) atoms. The highest BCUT2D eigenvalue weighted by Gasteiger charge is 2.23. The predicted octanol–water partition coefficient (Wildman–Crippen LogP) is 3.96. The lowest BCUT2D eigenvalue weighted by atomic mass is 10.0. The zero-order chi connectivity index (χ0) is 15.6. The molecule has 0 saturated carbocycles. The lowest BCUT2D eigenvalue weighted by molar-refractivity contribution is 0.0698. The van der Waals surface area contributed by atoms with E-state index in [1.54, 1.807) is 4.90 Å². The molecule has 1 saturated heterocycles. The first kappa shape index (κ1) is 15.9. The smallest absolute Gasteiger partial charge is 0.337 e. The minimum Gasteiger partial charge on any atom is -0.478 e. The number of likely N-dealkylation sites (tertiary alicyclic amines) is 1. The van der Waals surface area contributed by atoms with Gasteiger partial charge in [0.15, 0.2) is 0 Å². The van der Waals surface area contributed by atoms with E-state index in [0.717, 1.165) is 12.8 Å². The second kappa shape index (κ2) is 6.54. The number of carbonyl (C=O) groups is 2. The number of anilines is 1. The van der Waals surface area contributed by atoms with E-state index >= 15 is 0 Å². The van der Waals surface area contributed by atoms with Crippen LogP contribution in [0.5, 0.6) is 0 Å². The van der Waals surface area contributed by atoms with E-state index in [9.17, 15) is 14.7 Å². The maximum absolute atomic E-state index is 12.3. The number of benzene rings is 1. The third-order valence-corrected chi connectivity index (χ3v) is 3.98. The molecule has 1 fully saturated rings. The van der Waals surface area contributed by atoms with Gasteiger partial charge in [0, 0.05) is 18.1 Å². The predicted molar refractivity (Wildman–Crippen MR) is 82.4 cm³/mol. The molecule has 1 aromatic rings. The summed E-state index contributed by atoms with van der Waals surface area (Å²) in [6.45, 7) is 3.39. The Labute approximate surface area is 132 Å². The summed E-state index contributed by atoms with van der Waals surface area (Å²) in [6, 6.07) is 2.34. The van der Waals surface area contributed by atoms with Crippen LogP contribution in [-0.4, -0.2) is 35.1 Å². The number of halogens is 2. The molecule has 114 valence electrons. The fourth-order valence-electron chi connectivity index (χ4n) is 2.43. The van der Waals surface area contributed by atoms with E-state index < -0.39 is 5.97 Å². The number of carboxylic acids is 1. The van der Waals surface area contributed by atoms with Gasteiger partial charge in [-0.1, -0.05) is 30.1 Å². The van der Waals surface area contributed by atoms with Crippen LogP contribution in [0.2, 0.25) is 10.0 Å². The van der Waals surface area contributed by atoms with Crippen molar-refractivity contribution in [2.24, 2.45) is 5.92 Å². The largest absolute Gasteiger partial charge is 0.478 e. The number of rotatable bonds is 2. The van der Waals surface area contributed by atoms with Gasteiger partial charge in [-0.2, -0.15) is 0 Å². The molecule has 0 radical (unpaired) electrons. The molecule has 0 spiro atoms. The van der Waals surface area contributed by atoms with Gasteiger partial charge in [0.05, 0.1) is 16.3 Å². The fraction of sp³-hybridized carbons (Fsp3) is 0.429. The normalized spacial score (nSPS) is 18.4. The Hall–Kier alpha value is -1.46. The molecule has 1 aromatic carbocycles. The van der Waals surface area contributed by atoms with Gasteiger partial charge in [-0.05, 0) is 30.9 Å². The highest BCUT2D eigenvalue weighted by Crippen LogP contribution is 2.31. The quantitative estimate of drug-likeness (QED) is 0.862. The Bertz CT molecular complexity index is 578. The van der Waals surface area contributed by atoms with Crippen molar-refractivity contribution < 1.29 is 14.7 Å². The van der Waals surface area contributed by atoms with Crippen LogP contribution in [0.25, 0.3) is 0 Å². The van der Waals surface area contributed by atoms with Crippen LogP contribution in [0.15, 0.2) is 12.1 Å². The topological polar surface area (TPSA) is 69.6 Å². The monoisotopic (exact) mass is 330 g/mol. The van der Waals surface area contributed by atoms with Gasteiger partial charge < -0.3 is 15.3 Å². The molecule has 0 bridgehead atoms. The second-order valence-electron chi connectivity index (χ2n) is 5.24. The molecule has 7 heteroatoms. The van der Waals surface area contributed by atoms with Gasteiger partial charge in [-0.3, -0.25) is 0 Å². The third kappa shape index (κ3) is 3.80. The number of urea groups is 1. The van der Waals surface area contributed by atoms with E-state index in [1.807, 2.05) is 0 Å². The molecule has 1 aliphatic rings. The molecule has 2 amide bonds. The average molecular weight is 331 g/mol. The summed E-state index contributed by atoms with van der Waals surface area (Å²) >= 11 is 11.8. The summed E-state index contributed by atoms with van der Waals surface area (Å²) in [5, 5.41) is 12.1. The van der Waals surface area contributed by atoms with E-state index in [0.29, 0.717) is 19.0 Å². The number of hydrogen-bond acceptors (Lipinski definition) is 2. The minimum atomic E-state index is -1.19. The van der Waals surface area contributed by atoms with Crippen LogP contribution in [-0.2, 0) is 0 Å². The number of carbonyl (C=O) groups excluding carboxylic acids is 1. The number of aromatic carboxylic acids is 1. The van der Waals surface area contributed by atoms with Gasteiger partial charge in [0.25, 0.3) is 0 Å². The van der Waals surface area contributed by atoms with Crippen molar-refractivity contribution in [3.8, 4) is 0 Å². The summed E-state index contributed by atoms with van der Waals surface area (Å²) in [6.07, 6.45) is 2.03. The van der Waals surface area contributed by atoms with Crippen molar-refractivity contribution in [2.75, 3.05) is 18.4 Å². The van der Waals surface area contributed by atoms with Crippen LogP contribution < -0.4 is 5.32 Å². The van der Waals surface area contributed by atoms with Gasteiger partial charge >= 0.3 is 12.0 Å². The molecular weight excluding hydrogens is 315 g/mol. The second-order valence-corrected chi connectivity index (χ2v) is 6.08. The van der Waals surface area contributed by atoms with Crippen molar-refractivity contribution in [3.05, 3.63) is 27.7 Å². The summed E-state index contributed by atoms with van der Waals surface area (Å²) in [5.41, 5.74) is -0.0392. The first-order valence-electron chi connectivity index (χ1n) is 6.66. The maximum Gasteiger partial charge on any atom is 0.337 e. The molecule has 1 atom stereocenters. The number of amides is 2. The van der Waals surface area contributed by atoms with Gasteiger partial charge in [0.2, 0.25) is 0 Å². The van der Waals surface area contributed by atoms with Crippen molar-refractivity contribution in [1.82, 2.24) is 4.90 Å². The summed E-state index contributed by atoms with van der Waals surface area (Å²) < 4.78 is 0. The molecular formula is C14H16Cl2N2O3. The van der Waals surface area contributed by atoms with Crippen LogP contribution in [0.4, 0.5) is 10.5 Å². The molecule has 1 aliphatic heterocycles. The molecule has 1 heterocycles. The number of nitrogens with zero attached hydrogens (tertiary/aromatic N) is 1. The van der Waals surface area contributed by atoms with Crippen molar-refractivity contribution in [1.29, 1.82) is 0 Å². The van der Waals surface area contributed by atoms with Crippen LogP contribution >= 0.6 is 23.2 Å². The van der Waals surface area contributed by atoms with E-state index in [2.05, 4.69) is 12.2 Å². The number of hydrogen-bond donors (Lipinski definition) is 2. The van der Waals surface area contributed by atoms with Gasteiger partial charge in [-0.15, -0.1) is 0 Å². The Kier molecular flexibility index (Phi) is 4.96. The number of piperidine rings is 1. The van der Waals surface area contributed by atoms with Gasteiger partial charge in [0.1, 0.15) is 0 Å². The lowest BCUT2D eigenvalue weighted by Gasteiger charge is -2.31. The van der Waals surface area contributed by atoms with Crippen LogP contribution in [0, 0.1) is 5.92 Å². The zero-order valence-corrected chi connectivity index (χ0v) is 13.0. The Morgan fingerprint density at radius 2 is 2.10 bits per heavy atom. The lowest BCUT2D eigenvalue weighted by Crippen LogP contribution is -2.41. The molecule has 2 rings (SSSR count). The standard InChI is InChI=1S/C14H16Cl2N2O3/c1-8-3-2-4-18(7-8)14(21)17-12-10(13(19)20)5-9(15)6-11(12)16/h5-6,8H,2-4,7H2,1H3,(H,17,21)(H,19,20). The third-order valence-electron chi connectivity index (χ3n) is 3.46. The Balaban J connectivity index is 2.22. The van der Waals surface area contributed by atoms with Crippen LogP contribution in [0.1, 0.15) is 30.1 Å². The van der Waals surface area contributed by atoms with E-state index in [4.69, 9.17) is 23.2 Å². The van der Waals surface area contributed by atoms with Gasteiger partial charge in [-0.25, -0.2) is 9.59 Å². The molecule has 2 N–H and O–H groups in total. The number of carboxylic acid groups (broad SMARTS) is 1. The first-order chi connectivity index (χ1) is 9.88. The summed E-state index contributed by atoms with van der Waals surface area (Å²) in [4.78, 5) is 25.2. The summed E-state index contributed by atoms with van der Waals surface area (Å²) in [7, 11) is 0. The average Bonchev–Trinajstić information content (AvgIpc) is 2.41. The SMILES string of the molecule is CC1CCCN(C(=O)Nc2c(Cl)cc(Cl)cc2C(=O)O)C1. The Morgan fingerprint density at radius 1 is 1.38 bits per heavy atom. The highest BCUT2D eigenvalue weighted by atomic mass is 35.5. The minimum absolute atomic E-state index is 0.0804. The maximum atomic E-state index is 12.3. The van der Waals surface area contributed by atoms with Crippen molar-refractivity contribution in [2.45, 2.75) is 19.8 Å². The molecule has 5 nitrogen and oxygen atoms in total. The molecule has 1 unspecified atom stereocenters. The van der Waals surface area contributed by atoms with Crippen molar-refractivity contribution in [3.63, 3.8) is 0 Å². The zero-order valence-electron chi connectivity index (χ0n) is 11.5. The first-order valence-corrected chi connectivity index (χ1v) is 7.42. The fourth-order valence-corrected chi connectivity index (χ4v) is 2.97.